The summed E-state index contributed by atoms with van der Waals surface area (Å²) >= 11 is 1.73. The van der Waals surface area contributed by atoms with Gasteiger partial charge in [0, 0.05) is 23.3 Å². The van der Waals surface area contributed by atoms with Gasteiger partial charge in [0.15, 0.2) is 5.78 Å². The van der Waals surface area contributed by atoms with Gasteiger partial charge in [0.2, 0.25) is 0 Å². The van der Waals surface area contributed by atoms with Gasteiger partial charge in [0.05, 0.1) is 5.25 Å². The van der Waals surface area contributed by atoms with E-state index >= 15 is 0 Å². The highest BCUT2D eigenvalue weighted by molar-refractivity contribution is 7.99. The van der Waals surface area contributed by atoms with Crippen LogP contribution in [-0.2, 0) is 5.75 Å². The van der Waals surface area contributed by atoms with Crippen LogP contribution in [0.1, 0.15) is 33.5 Å². The lowest BCUT2D eigenvalue weighted by atomic mass is 10.0. The van der Waals surface area contributed by atoms with Crippen molar-refractivity contribution in [1.82, 2.24) is 0 Å². The second kappa shape index (κ2) is 9.80. The molecule has 0 bridgehead atoms. The molecule has 3 rings (SSSR count). The van der Waals surface area contributed by atoms with Crippen LogP contribution in [0.25, 0.3) is 0 Å². The zero-order valence-corrected chi connectivity index (χ0v) is 16.2. The summed E-state index contributed by atoms with van der Waals surface area (Å²) in [6.07, 6.45) is 0.417. The number of hydrogen-bond acceptors (Lipinski definition) is 2. The average molecular weight is 371 g/mol. The topological polar surface area (TPSA) is 17.1 Å². The van der Waals surface area contributed by atoms with E-state index < -0.39 is 0 Å². The zero-order chi connectivity index (χ0) is 18.9. The summed E-state index contributed by atoms with van der Waals surface area (Å²) < 4.78 is 0. The van der Waals surface area contributed by atoms with Gasteiger partial charge in [-0.2, -0.15) is 0 Å². The molecule has 0 saturated heterocycles. The molecule has 0 N–H and O–H groups in total. The zero-order valence-electron chi connectivity index (χ0n) is 15.4. The van der Waals surface area contributed by atoms with Crippen LogP contribution in [-0.4, -0.2) is 11.0 Å². The molecule has 0 aliphatic rings. The second-order valence-electron chi connectivity index (χ2n) is 6.41. The summed E-state index contributed by atoms with van der Waals surface area (Å²) in [5, 5.41) is -0.0424. The van der Waals surface area contributed by atoms with Crippen molar-refractivity contribution >= 4 is 17.5 Å². The molecule has 27 heavy (non-hydrogen) atoms. The highest BCUT2D eigenvalue weighted by atomic mass is 32.2. The van der Waals surface area contributed by atoms with Crippen LogP contribution in [0.4, 0.5) is 0 Å². The first-order chi connectivity index (χ1) is 13.2. The Kier molecular flexibility index (Phi) is 6.90. The minimum Gasteiger partial charge on any atom is -0.294 e. The van der Waals surface area contributed by atoms with Crippen molar-refractivity contribution in [2.45, 2.75) is 24.3 Å². The third kappa shape index (κ3) is 6.16. The van der Waals surface area contributed by atoms with Crippen LogP contribution in [0.2, 0.25) is 0 Å². The highest BCUT2D eigenvalue weighted by Gasteiger charge is 2.14. The number of rotatable bonds is 6. The monoisotopic (exact) mass is 370 g/mol. The quantitative estimate of drug-likeness (QED) is 0.396. The van der Waals surface area contributed by atoms with E-state index in [2.05, 4.69) is 24.0 Å². The van der Waals surface area contributed by atoms with Gasteiger partial charge in [0.1, 0.15) is 0 Å². The Morgan fingerprint density at radius 1 is 0.889 bits per heavy atom. The third-order valence-electron chi connectivity index (χ3n) is 4.19. The maximum atomic E-state index is 12.7. The van der Waals surface area contributed by atoms with Gasteiger partial charge in [-0.05, 0) is 24.6 Å². The lowest BCUT2D eigenvalue weighted by molar-refractivity contribution is 0.0986. The molecule has 0 aliphatic carbocycles. The van der Waals surface area contributed by atoms with Crippen molar-refractivity contribution in [3.8, 4) is 11.8 Å². The fourth-order valence-electron chi connectivity index (χ4n) is 2.63. The normalized spacial score (nSPS) is 11.3. The first kappa shape index (κ1) is 19.0. The molecule has 3 aromatic rings. The van der Waals surface area contributed by atoms with Crippen LogP contribution in [0.15, 0.2) is 84.9 Å². The molecule has 2 heteroatoms. The van der Waals surface area contributed by atoms with Gasteiger partial charge in [-0.1, -0.05) is 90.2 Å². The number of carbonyl (C=O) groups is 1. The Balaban J connectivity index is 1.73. The number of ketones is 1. The summed E-state index contributed by atoms with van der Waals surface area (Å²) in [5.74, 6) is 7.52. The van der Waals surface area contributed by atoms with E-state index in [0.717, 1.165) is 22.4 Å². The van der Waals surface area contributed by atoms with Crippen molar-refractivity contribution in [3.63, 3.8) is 0 Å². The van der Waals surface area contributed by atoms with Crippen molar-refractivity contribution < 1.29 is 4.79 Å². The van der Waals surface area contributed by atoms with Crippen molar-refractivity contribution in [3.05, 3.63) is 107 Å². The first-order valence-electron chi connectivity index (χ1n) is 9.03. The van der Waals surface area contributed by atoms with Crippen molar-refractivity contribution in [1.29, 1.82) is 0 Å². The summed E-state index contributed by atoms with van der Waals surface area (Å²) in [4.78, 5) is 12.7. The van der Waals surface area contributed by atoms with E-state index in [1.54, 1.807) is 11.8 Å². The van der Waals surface area contributed by atoms with Crippen molar-refractivity contribution in [2.24, 2.45) is 0 Å². The molecule has 0 radical (unpaired) electrons. The van der Waals surface area contributed by atoms with E-state index in [4.69, 9.17) is 0 Å². The molecule has 0 amide bonds. The van der Waals surface area contributed by atoms with Crippen molar-refractivity contribution in [2.75, 3.05) is 0 Å². The molecule has 3 aromatic carbocycles. The maximum Gasteiger partial charge on any atom is 0.164 e. The Hall–Kier alpha value is -2.76. The molecule has 0 aromatic heterocycles. The number of hydrogen-bond donors (Lipinski definition) is 0. The van der Waals surface area contributed by atoms with E-state index in [-0.39, 0.29) is 11.0 Å². The fourth-order valence-corrected chi connectivity index (χ4v) is 3.63. The van der Waals surface area contributed by atoms with Gasteiger partial charge in [-0.25, -0.2) is 0 Å². The summed E-state index contributed by atoms with van der Waals surface area (Å²) in [6, 6.07) is 28.0. The number of Topliss-reactive ketones (excluding diaryl/α,β-unsaturated/α-hetero) is 1. The molecular weight excluding hydrogens is 348 g/mol. The molecule has 0 spiro atoms. The Morgan fingerprint density at radius 3 is 2.19 bits per heavy atom. The van der Waals surface area contributed by atoms with Crippen LogP contribution in [0.3, 0.4) is 0 Å². The number of thioether (sulfide) groups is 1. The molecular formula is C25H22OS. The van der Waals surface area contributed by atoms with Crippen LogP contribution in [0.5, 0.6) is 0 Å². The van der Waals surface area contributed by atoms with Gasteiger partial charge in [-0.15, -0.1) is 11.8 Å². The van der Waals surface area contributed by atoms with Gasteiger partial charge in [-0.3, -0.25) is 4.79 Å². The van der Waals surface area contributed by atoms with E-state index in [9.17, 15) is 4.79 Å². The molecule has 1 nitrogen and oxygen atoms in total. The molecule has 1 unspecified atom stereocenters. The molecule has 0 saturated carbocycles. The Bertz CT molecular complexity index is 919. The average Bonchev–Trinajstić information content (AvgIpc) is 2.72. The Labute approximate surface area is 165 Å². The summed E-state index contributed by atoms with van der Waals surface area (Å²) in [7, 11) is 0. The van der Waals surface area contributed by atoms with Crippen LogP contribution < -0.4 is 0 Å². The first-order valence-corrected chi connectivity index (χ1v) is 10.1. The molecule has 1 atom stereocenters. The standard InChI is InChI=1S/C25H22OS/c1-20-12-15-23(16-13-20)25(26)18-24(17-14-21-8-4-2-5-9-21)27-19-22-10-6-3-7-11-22/h2-13,15-16,24H,18-19H2,1H3. The minimum atomic E-state index is -0.0424. The predicted molar refractivity (Wildman–Crippen MR) is 115 cm³/mol. The third-order valence-corrected chi connectivity index (χ3v) is 5.38. The fraction of sp³-hybridized carbons (Fsp3) is 0.160. The number of carbonyl (C=O) groups excluding carboxylic acids is 1. The molecule has 0 aliphatic heterocycles. The number of aryl methyl sites for hydroxylation is 1. The largest absolute Gasteiger partial charge is 0.294 e. The highest BCUT2D eigenvalue weighted by Crippen LogP contribution is 2.22. The molecule has 0 heterocycles. The predicted octanol–water partition coefficient (Wildman–Crippen LogP) is 5.92. The minimum absolute atomic E-state index is 0.0424. The van der Waals surface area contributed by atoms with E-state index in [1.807, 2.05) is 79.7 Å². The molecule has 0 fully saturated rings. The van der Waals surface area contributed by atoms with Gasteiger partial charge < -0.3 is 0 Å². The lowest BCUT2D eigenvalue weighted by Gasteiger charge is -2.10. The second-order valence-corrected chi connectivity index (χ2v) is 7.60. The van der Waals surface area contributed by atoms with Gasteiger partial charge >= 0.3 is 0 Å². The van der Waals surface area contributed by atoms with Crippen LogP contribution in [0, 0.1) is 18.8 Å². The van der Waals surface area contributed by atoms with E-state index in [0.29, 0.717) is 6.42 Å². The molecule has 134 valence electrons. The van der Waals surface area contributed by atoms with E-state index in [1.165, 1.54) is 5.56 Å². The summed E-state index contributed by atoms with van der Waals surface area (Å²) in [6.45, 7) is 2.03. The maximum absolute atomic E-state index is 12.7. The smallest absolute Gasteiger partial charge is 0.164 e. The Morgan fingerprint density at radius 2 is 1.52 bits per heavy atom. The lowest BCUT2D eigenvalue weighted by Crippen LogP contribution is -2.10. The number of benzene rings is 3. The summed E-state index contributed by atoms with van der Waals surface area (Å²) in [5.41, 5.74) is 4.14. The van der Waals surface area contributed by atoms with Crippen LogP contribution >= 0.6 is 11.8 Å². The van der Waals surface area contributed by atoms with Gasteiger partial charge in [0.25, 0.3) is 0 Å². The SMILES string of the molecule is Cc1ccc(C(=O)CC(C#Cc2ccccc2)SCc2ccccc2)cc1.